The van der Waals surface area contributed by atoms with Crippen molar-refractivity contribution in [3.05, 3.63) is 22.6 Å². The van der Waals surface area contributed by atoms with Crippen molar-refractivity contribution >= 4 is 21.4 Å². The van der Waals surface area contributed by atoms with Crippen molar-refractivity contribution in [2.75, 3.05) is 0 Å². The Kier molecular flexibility index (Phi) is 1.70. The number of aromatic hydroxyl groups is 2. The Morgan fingerprint density at radius 3 is 2.54 bits per heavy atom. The summed E-state index contributed by atoms with van der Waals surface area (Å²) in [7, 11) is 0. The van der Waals surface area contributed by atoms with E-state index in [1.807, 2.05) is 19.9 Å². The first-order valence-electron chi connectivity index (χ1n) is 4.00. The Morgan fingerprint density at radius 2 is 1.85 bits per heavy atom. The lowest BCUT2D eigenvalue weighted by Crippen LogP contribution is -1.79. The molecule has 0 saturated heterocycles. The van der Waals surface area contributed by atoms with Crippen LogP contribution in [0.2, 0.25) is 0 Å². The molecule has 2 N–H and O–H groups in total. The molecule has 0 fully saturated rings. The molecular formula is C10H10O2S. The summed E-state index contributed by atoms with van der Waals surface area (Å²) in [6.45, 7) is 3.81. The van der Waals surface area contributed by atoms with Gasteiger partial charge in [-0.15, -0.1) is 11.3 Å². The van der Waals surface area contributed by atoms with Crippen LogP contribution in [0.5, 0.6) is 11.5 Å². The summed E-state index contributed by atoms with van der Waals surface area (Å²) in [5.74, 6) is 0.364. The van der Waals surface area contributed by atoms with Crippen LogP contribution in [0.1, 0.15) is 11.1 Å². The summed E-state index contributed by atoms with van der Waals surface area (Å²) in [5, 5.41) is 21.4. The minimum Gasteiger partial charge on any atom is -0.507 e. The molecule has 2 rings (SSSR count). The molecule has 0 aliphatic heterocycles. The Hall–Kier alpha value is -1.22. The highest BCUT2D eigenvalue weighted by molar-refractivity contribution is 7.17. The van der Waals surface area contributed by atoms with Crippen LogP contribution in [0, 0.1) is 13.8 Å². The molecule has 0 spiro atoms. The molecule has 13 heavy (non-hydrogen) atoms. The fourth-order valence-corrected chi connectivity index (χ4v) is 2.43. The van der Waals surface area contributed by atoms with E-state index in [4.69, 9.17) is 0 Å². The van der Waals surface area contributed by atoms with Crippen molar-refractivity contribution in [1.82, 2.24) is 0 Å². The molecule has 0 unspecified atom stereocenters. The van der Waals surface area contributed by atoms with Crippen molar-refractivity contribution in [2.24, 2.45) is 0 Å². The molecule has 0 bridgehead atoms. The average molecular weight is 194 g/mol. The minimum absolute atomic E-state index is 0.171. The summed E-state index contributed by atoms with van der Waals surface area (Å²) >= 11 is 1.45. The molecule has 1 heterocycles. The molecule has 3 heteroatoms. The topological polar surface area (TPSA) is 40.5 Å². The molecule has 1 aromatic carbocycles. The standard InChI is InChI=1S/C10H10O2S/c1-5-3-6(2)10-8(9(5)12)7(11)4-13-10/h3-4,11-12H,1-2H3. The molecule has 1 aromatic heterocycles. The summed E-state index contributed by atoms with van der Waals surface area (Å²) in [4.78, 5) is 0. The second kappa shape index (κ2) is 2.64. The van der Waals surface area contributed by atoms with Gasteiger partial charge in [0.05, 0.1) is 5.39 Å². The zero-order chi connectivity index (χ0) is 9.59. The van der Waals surface area contributed by atoms with E-state index in [2.05, 4.69) is 0 Å². The van der Waals surface area contributed by atoms with Gasteiger partial charge in [-0.1, -0.05) is 6.07 Å². The summed E-state index contributed by atoms with van der Waals surface area (Å²) in [6, 6.07) is 1.92. The monoisotopic (exact) mass is 194 g/mol. The molecule has 0 saturated carbocycles. The van der Waals surface area contributed by atoms with Crippen molar-refractivity contribution in [1.29, 1.82) is 0 Å². The molecule has 2 nitrogen and oxygen atoms in total. The normalized spacial score (nSPS) is 10.9. The van der Waals surface area contributed by atoms with Gasteiger partial charge in [-0.3, -0.25) is 0 Å². The van der Waals surface area contributed by atoms with Crippen LogP contribution in [0.25, 0.3) is 10.1 Å². The number of phenolic OH excluding ortho intramolecular Hbond substituents is 1. The van der Waals surface area contributed by atoms with Gasteiger partial charge >= 0.3 is 0 Å². The van der Waals surface area contributed by atoms with E-state index in [0.717, 1.165) is 15.8 Å². The fourth-order valence-electron chi connectivity index (χ4n) is 1.52. The first kappa shape index (κ1) is 8.38. The molecule has 0 atom stereocenters. The number of hydrogen-bond donors (Lipinski definition) is 2. The third-order valence-corrected chi connectivity index (χ3v) is 3.28. The number of aryl methyl sites for hydroxylation is 2. The Bertz CT molecular complexity index is 471. The maximum Gasteiger partial charge on any atom is 0.137 e. The number of rotatable bonds is 0. The summed E-state index contributed by atoms with van der Waals surface area (Å²) < 4.78 is 0.959. The number of fused-ring (bicyclic) bond motifs is 1. The van der Waals surface area contributed by atoms with E-state index in [1.165, 1.54) is 11.3 Å². The lowest BCUT2D eigenvalue weighted by atomic mass is 10.1. The Morgan fingerprint density at radius 1 is 1.15 bits per heavy atom. The SMILES string of the molecule is Cc1cc(C)c2scc(O)c2c1O. The Balaban J connectivity index is 3.00. The van der Waals surface area contributed by atoms with E-state index in [9.17, 15) is 10.2 Å². The van der Waals surface area contributed by atoms with Gasteiger partial charge in [-0.2, -0.15) is 0 Å². The zero-order valence-electron chi connectivity index (χ0n) is 7.46. The van der Waals surface area contributed by atoms with Gasteiger partial charge in [-0.05, 0) is 25.0 Å². The fraction of sp³-hybridized carbons (Fsp3) is 0.200. The van der Waals surface area contributed by atoms with Gasteiger partial charge in [-0.25, -0.2) is 0 Å². The van der Waals surface area contributed by atoms with E-state index in [0.29, 0.717) is 5.39 Å². The van der Waals surface area contributed by atoms with Gasteiger partial charge in [0.15, 0.2) is 0 Å². The van der Waals surface area contributed by atoms with E-state index >= 15 is 0 Å². The molecule has 0 radical (unpaired) electrons. The lowest BCUT2D eigenvalue weighted by molar-refractivity contribution is 0.463. The van der Waals surface area contributed by atoms with E-state index in [-0.39, 0.29) is 11.5 Å². The van der Waals surface area contributed by atoms with E-state index < -0.39 is 0 Å². The zero-order valence-corrected chi connectivity index (χ0v) is 8.27. The second-order valence-electron chi connectivity index (χ2n) is 3.18. The number of benzene rings is 1. The van der Waals surface area contributed by atoms with Crippen LogP contribution >= 0.6 is 11.3 Å². The Labute approximate surface area is 80.1 Å². The maximum absolute atomic E-state index is 9.70. The van der Waals surface area contributed by atoms with Crippen LogP contribution in [0.4, 0.5) is 0 Å². The van der Waals surface area contributed by atoms with Gasteiger partial charge in [0, 0.05) is 10.1 Å². The first-order chi connectivity index (χ1) is 6.11. The maximum atomic E-state index is 9.70. The van der Waals surface area contributed by atoms with Gasteiger partial charge in [0.1, 0.15) is 11.5 Å². The van der Waals surface area contributed by atoms with Gasteiger partial charge in [0.25, 0.3) is 0 Å². The average Bonchev–Trinajstić information content (AvgIpc) is 2.44. The smallest absolute Gasteiger partial charge is 0.137 e. The van der Waals surface area contributed by atoms with Crippen LogP contribution in [-0.2, 0) is 0 Å². The molecule has 0 aliphatic rings. The third-order valence-electron chi connectivity index (χ3n) is 2.17. The van der Waals surface area contributed by atoms with Gasteiger partial charge < -0.3 is 10.2 Å². The highest BCUT2D eigenvalue weighted by Gasteiger charge is 2.11. The highest BCUT2D eigenvalue weighted by Crippen LogP contribution is 2.41. The number of phenols is 1. The van der Waals surface area contributed by atoms with Crippen molar-refractivity contribution in [3.63, 3.8) is 0 Å². The minimum atomic E-state index is 0.171. The summed E-state index contributed by atoms with van der Waals surface area (Å²) in [5.41, 5.74) is 1.90. The highest BCUT2D eigenvalue weighted by atomic mass is 32.1. The van der Waals surface area contributed by atoms with Crippen LogP contribution in [0.15, 0.2) is 11.4 Å². The van der Waals surface area contributed by atoms with Crippen LogP contribution in [0.3, 0.4) is 0 Å². The van der Waals surface area contributed by atoms with E-state index in [1.54, 1.807) is 5.38 Å². The first-order valence-corrected chi connectivity index (χ1v) is 4.88. The number of hydrogen-bond acceptors (Lipinski definition) is 3. The summed E-state index contributed by atoms with van der Waals surface area (Å²) in [6.07, 6.45) is 0. The third kappa shape index (κ3) is 1.08. The molecule has 2 aromatic rings. The van der Waals surface area contributed by atoms with Crippen molar-refractivity contribution in [2.45, 2.75) is 13.8 Å². The van der Waals surface area contributed by atoms with Crippen molar-refractivity contribution < 1.29 is 10.2 Å². The van der Waals surface area contributed by atoms with Crippen LogP contribution < -0.4 is 0 Å². The van der Waals surface area contributed by atoms with Crippen molar-refractivity contribution in [3.8, 4) is 11.5 Å². The second-order valence-corrected chi connectivity index (χ2v) is 4.06. The number of thiophene rings is 1. The quantitative estimate of drug-likeness (QED) is 0.677. The lowest BCUT2D eigenvalue weighted by Gasteiger charge is -2.03. The van der Waals surface area contributed by atoms with Crippen LogP contribution in [-0.4, -0.2) is 10.2 Å². The molecular weight excluding hydrogens is 184 g/mol. The largest absolute Gasteiger partial charge is 0.507 e. The van der Waals surface area contributed by atoms with Gasteiger partial charge in [0.2, 0.25) is 0 Å². The molecule has 0 aliphatic carbocycles. The predicted molar refractivity (Wildman–Crippen MR) is 54.6 cm³/mol. The predicted octanol–water partition coefficient (Wildman–Crippen LogP) is 2.93. The molecule has 0 amide bonds. The molecule has 68 valence electrons.